The summed E-state index contributed by atoms with van der Waals surface area (Å²) >= 11 is 0. The van der Waals surface area contributed by atoms with Crippen LogP contribution in [0.15, 0.2) is 30.3 Å². The van der Waals surface area contributed by atoms with Crippen molar-refractivity contribution in [1.82, 2.24) is 14.5 Å². The lowest BCUT2D eigenvalue weighted by Gasteiger charge is -2.34. The van der Waals surface area contributed by atoms with Crippen molar-refractivity contribution in [2.45, 2.75) is 37.0 Å². The van der Waals surface area contributed by atoms with Gasteiger partial charge in [0.15, 0.2) is 0 Å². The largest absolute Gasteiger partial charge is 0.352 e. The first-order valence-electron chi connectivity index (χ1n) is 8.97. The number of carbonyl (C=O) groups excluding carboxylic acids is 2. The summed E-state index contributed by atoms with van der Waals surface area (Å²) in [7, 11) is -2.21. The fraction of sp³-hybridized carbons (Fsp3) is 0.556. The second kappa shape index (κ2) is 7.75. The monoisotopic (exact) mass is 379 g/mol. The predicted octanol–water partition coefficient (Wildman–Crippen LogP) is 0.831. The van der Waals surface area contributed by atoms with E-state index in [1.54, 1.807) is 29.2 Å². The molecule has 1 aliphatic heterocycles. The molecule has 7 nitrogen and oxygen atoms in total. The number of likely N-dealkylation sites (tertiary alicyclic amines) is 1. The molecule has 142 valence electrons. The van der Waals surface area contributed by atoms with E-state index in [9.17, 15) is 18.0 Å². The summed E-state index contributed by atoms with van der Waals surface area (Å²) < 4.78 is 26.8. The standard InChI is InChI=1S/C18H25N3O4S/c1-20(13-17(22)19-15-9-10-15)26(24,25)16-8-5-11-21(12-16)18(23)14-6-3-2-4-7-14/h2-4,6-7,15-16H,5,8-13H2,1H3,(H,19,22). The van der Waals surface area contributed by atoms with Crippen LogP contribution in [0.1, 0.15) is 36.0 Å². The van der Waals surface area contributed by atoms with E-state index >= 15 is 0 Å². The number of sulfonamides is 1. The maximum Gasteiger partial charge on any atom is 0.253 e. The Balaban J connectivity index is 1.63. The number of hydrogen-bond donors (Lipinski definition) is 1. The molecule has 3 rings (SSSR count). The molecule has 26 heavy (non-hydrogen) atoms. The average Bonchev–Trinajstić information content (AvgIpc) is 3.45. The van der Waals surface area contributed by atoms with Crippen LogP contribution in [0, 0.1) is 0 Å². The highest BCUT2D eigenvalue weighted by molar-refractivity contribution is 7.89. The molecule has 8 heteroatoms. The number of piperidine rings is 1. The summed E-state index contributed by atoms with van der Waals surface area (Å²) in [5, 5.41) is 2.12. The van der Waals surface area contributed by atoms with Gasteiger partial charge in [0.25, 0.3) is 5.91 Å². The zero-order valence-electron chi connectivity index (χ0n) is 14.9. The molecule has 0 aromatic heterocycles. The average molecular weight is 379 g/mol. The second-order valence-electron chi connectivity index (χ2n) is 7.02. The fourth-order valence-corrected chi connectivity index (χ4v) is 4.82. The third-order valence-electron chi connectivity index (χ3n) is 4.85. The molecule has 1 atom stereocenters. The first-order chi connectivity index (χ1) is 12.4. The highest BCUT2D eigenvalue weighted by atomic mass is 32.2. The summed E-state index contributed by atoms with van der Waals surface area (Å²) in [6, 6.07) is 9.08. The Labute approximate surface area is 154 Å². The topological polar surface area (TPSA) is 86.8 Å². The molecule has 0 radical (unpaired) electrons. The minimum absolute atomic E-state index is 0.153. The smallest absolute Gasteiger partial charge is 0.253 e. The van der Waals surface area contributed by atoms with E-state index in [2.05, 4.69) is 5.32 Å². The van der Waals surface area contributed by atoms with E-state index in [1.807, 2.05) is 6.07 Å². The van der Waals surface area contributed by atoms with Crippen molar-refractivity contribution < 1.29 is 18.0 Å². The van der Waals surface area contributed by atoms with Crippen molar-refractivity contribution in [2.75, 3.05) is 26.7 Å². The molecule has 1 heterocycles. The number of carbonyl (C=O) groups is 2. The van der Waals surface area contributed by atoms with Gasteiger partial charge in [0.05, 0.1) is 11.8 Å². The lowest BCUT2D eigenvalue weighted by atomic mass is 10.1. The Morgan fingerprint density at radius 3 is 2.54 bits per heavy atom. The van der Waals surface area contributed by atoms with Crippen LogP contribution in [0.3, 0.4) is 0 Å². The SMILES string of the molecule is CN(CC(=O)NC1CC1)S(=O)(=O)C1CCCN(C(=O)c2ccccc2)C1. The van der Waals surface area contributed by atoms with Gasteiger partial charge in [0.1, 0.15) is 0 Å². The van der Waals surface area contributed by atoms with Crippen LogP contribution in [0.5, 0.6) is 0 Å². The Bertz CT molecular complexity index is 762. The molecule has 1 aromatic rings. The molecule has 2 aliphatic rings. The van der Waals surface area contributed by atoms with Gasteiger partial charge in [-0.25, -0.2) is 8.42 Å². The van der Waals surface area contributed by atoms with Crippen LogP contribution in [-0.2, 0) is 14.8 Å². The van der Waals surface area contributed by atoms with Gasteiger partial charge in [0, 0.05) is 31.7 Å². The van der Waals surface area contributed by atoms with Crippen LogP contribution in [-0.4, -0.2) is 67.4 Å². The fourth-order valence-electron chi connectivity index (χ4n) is 3.18. The molecule has 1 aromatic carbocycles. The maximum atomic E-state index is 12.8. The summed E-state index contributed by atoms with van der Waals surface area (Å²) in [4.78, 5) is 26.1. The number of nitrogens with one attached hydrogen (secondary N) is 1. The molecule has 1 unspecified atom stereocenters. The van der Waals surface area contributed by atoms with Crippen molar-refractivity contribution in [3.8, 4) is 0 Å². The molecule has 0 spiro atoms. The van der Waals surface area contributed by atoms with Crippen molar-refractivity contribution in [1.29, 1.82) is 0 Å². The lowest BCUT2D eigenvalue weighted by Crippen LogP contribution is -2.50. The summed E-state index contributed by atoms with van der Waals surface area (Å²) in [6.45, 7) is 0.526. The normalized spacial score (nSPS) is 20.8. The van der Waals surface area contributed by atoms with Gasteiger partial charge in [-0.3, -0.25) is 9.59 Å². The number of nitrogens with zero attached hydrogens (tertiary/aromatic N) is 2. The molecule has 2 amide bonds. The third kappa shape index (κ3) is 4.42. The predicted molar refractivity (Wildman–Crippen MR) is 98.1 cm³/mol. The van der Waals surface area contributed by atoms with Crippen molar-refractivity contribution in [3.05, 3.63) is 35.9 Å². The van der Waals surface area contributed by atoms with Gasteiger partial charge in [-0.05, 0) is 37.8 Å². The van der Waals surface area contributed by atoms with Gasteiger partial charge >= 0.3 is 0 Å². The highest BCUT2D eigenvalue weighted by Gasteiger charge is 2.36. The second-order valence-corrected chi connectivity index (χ2v) is 9.34. The Morgan fingerprint density at radius 2 is 1.88 bits per heavy atom. The van der Waals surface area contributed by atoms with Gasteiger partial charge in [-0.15, -0.1) is 0 Å². The minimum atomic E-state index is -3.64. The number of likely N-dealkylation sites (N-methyl/N-ethyl adjacent to an activating group) is 1. The Hall–Kier alpha value is -1.93. The summed E-state index contributed by atoms with van der Waals surface area (Å²) in [5.41, 5.74) is 0.558. The van der Waals surface area contributed by atoms with Crippen LogP contribution < -0.4 is 5.32 Å². The molecule has 1 saturated carbocycles. The first-order valence-corrected chi connectivity index (χ1v) is 10.5. The lowest BCUT2D eigenvalue weighted by molar-refractivity contribution is -0.121. The van der Waals surface area contributed by atoms with Gasteiger partial charge < -0.3 is 10.2 Å². The van der Waals surface area contributed by atoms with Gasteiger partial charge in [-0.1, -0.05) is 18.2 Å². The first kappa shape index (κ1) is 18.8. The number of hydrogen-bond acceptors (Lipinski definition) is 4. The number of amides is 2. The Kier molecular flexibility index (Phi) is 5.62. The number of rotatable bonds is 6. The van der Waals surface area contributed by atoms with E-state index in [-0.39, 0.29) is 30.9 Å². The van der Waals surface area contributed by atoms with E-state index in [4.69, 9.17) is 0 Å². The number of benzene rings is 1. The molecular weight excluding hydrogens is 354 g/mol. The maximum absolute atomic E-state index is 12.8. The molecule has 0 bridgehead atoms. The van der Waals surface area contributed by atoms with E-state index in [1.165, 1.54) is 7.05 Å². The molecule has 1 N–H and O–H groups in total. The van der Waals surface area contributed by atoms with Crippen LogP contribution in [0.4, 0.5) is 0 Å². The molecule has 1 aliphatic carbocycles. The summed E-state index contributed by atoms with van der Waals surface area (Å²) in [5.74, 6) is -0.425. The van der Waals surface area contributed by atoms with Gasteiger partial charge in [0.2, 0.25) is 15.9 Å². The highest BCUT2D eigenvalue weighted by Crippen LogP contribution is 2.22. The molecule has 1 saturated heterocycles. The molecule has 2 fully saturated rings. The Morgan fingerprint density at radius 1 is 1.19 bits per heavy atom. The van der Waals surface area contributed by atoms with E-state index < -0.39 is 15.3 Å². The van der Waals surface area contributed by atoms with E-state index in [0.717, 1.165) is 17.1 Å². The third-order valence-corrected chi connectivity index (χ3v) is 7.08. The van der Waals surface area contributed by atoms with Crippen molar-refractivity contribution in [3.63, 3.8) is 0 Å². The zero-order valence-corrected chi connectivity index (χ0v) is 15.7. The quantitative estimate of drug-likeness (QED) is 0.793. The van der Waals surface area contributed by atoms with Crippen LogP contribution in [0.25, 0.3) is 0 Å². The zero-order chi connectivity index (χ0) is 18.7. The van der Waals surface area contributed by atoms with Crippen molar-refractivity contribution in [2.24, 2.45) is 0 Å². The van der Waals surface area contributed by atoms with Crippen molar-refractivity contribution >= 4 is 21.8 Å². The van der Waals surface area contributed by atoms with Crippen LogP contribution >= 0.6 is 0 Å². The molecular formula is C18H25N3O4S. The van der Waals surface area contributed by atoms with Gasteiger partial charge in [-0.2, -0.15) is 4.31 Å². The minimum Gasteiger partial charge on any atom is -0.352 e. The van der Waals surface area contributed by atoms with E-state index in [0.29, 0.717) is 24.9 Å². The summed E-state index contributed by atoms with van der Waals surface area (Å²) in [6.07, 6.45) is 3.04. The van der Waals surface area contributed by atoms with Crippen LogP contribution in [0.2, 0.25) is 0 Å².